The number of hydrogen-bond acceptors (Lipinski definition) is 7. The first kappa shape index (κ1) is 20.6. The molecule has 0 radical (unpaired) electrons. The zero-order chi connectivity index (χ0) is 21.6. The van der Waals surface area contributed by atoms with Gasteiger partial charge in [-0.3, -0.25) is 4.79 Å². The van der Waals surface area contributed by atoms with Crippen LogP contribution in [0.3, 0.4) is 0 Å². The SMILES string of the molecule is COc1ccc(NC(=O)c2ccc(-c3ccc(N4CCOCC4)nn3)cc2)c(OC)c1. The third kappa shape index (κ3) is 4.75. The Morgan fingerprint density at radius 3 is 2.39 bits per heavy atom. The summed E-state index contributed by atoms with van der Waals surface area (Å²) in [4.78, 5) is 14.8. The van der Waals surface area contributed by atoms with Crippen molar-refractivity contribution in [2.75, 3.05) is 50.7 Å². The molecule has 1 N–H and O–H groups in total. The molecule has 1 fully saturated rings. The Kier molecular flexibility index (Phi) is 6.28. The van der Waals surface area contributed by atoms with E-state index in [1.54, 1.807) is 44.6 Å². The van der Waals surface area contributed by atoms with Crippen LogP contribution in [0.5, 0.6) is 11.5 Å². The Bertz CT molecular complexity index is 1030. The molecule has 3 aromatic rings. The van der Waals surface area contributed by atoms with Gasteiger partial charge >= 0.3 is 0 Å². The second-order valence-electron chi connectivity index (χ2n) is 6.97. The van der Waals surface area contributed by atoms with E-state index in [1.165, 1.54) is 0 Å². The van der Waals surface area contributed by atoms with E-state index in [2.05, 4.69) is 20.4 Å². The zero-order valence-corrected chi connectivity index (χ0v) is 17.5. The minimum absolute atomic E-state index is 0.233. The number of benzene rings is 2. The van der Waals surface area contributed by atoms with Gasteiger partial charge in [0.15, 0.2) is 5.82 Å². The van der Waals surface area contributed by atoms with Gasteiger partial charge in [0.05, 0.1) is 38.8 Å². The van der Waals surface area contributed by atoms with Crippen molar-refractivity contribution < 1.29 is 19.0 Å². The van der Waals surface area contributed by atoms with Crippen LogP contribution >= 0.6 is 0 Å². The standard InChI is InChI=1S/C23H24N4O4/c1-29-18-7-8-20(21(15-18)30-2)24-23(28)17-5-3-16(4-6-17)19-9-10-22(26-25-19)27-11-13-31-14-12-27/h3-10,15H,11-14H2,1-2H3,(H,24,28). The molecule has 2 heterocycles. The van der Waals surface area contributed by atoms with Crippen LogP contribution in [0.1, 0.15) is 10.4 Å². The summed E-state index contributed by atoms with van der Waals surface area (Å²) >= 11 is 0. The fourth-order valence-electron chi connectivity index (χ4n) is 3.33. The molecule has 1 saturated heterocycles. The van der Waals surface area contributed by atoms with Crippen LogP contribution in [0, 0.1) is 0 Å². The lowest BCUT2D eigenvalue weighted by Gasteiger charge is -2.27. The predicted molar refractivity (Wildman–Crippen MR) is 118 cm³/mol. The number of aromatic nitrogens is 2. The zero-order valence-electron chi connectivity index (χ0n) is 17.5. The highest BCUT2D eigenvalue weighted by Crippen LogP contribution is 2.29. The maximum Gasteiger partial charge on any atom is 0.255 e. The van der Waals surface area contributed by atoms with Gasteiger partial charge in [-0.25, -0.2) is 0 Å². The first-order valence-electron chi connectivity index (χ1n) is 9.98. The minimum atomic E-state index is -0.233. The van der Waals surface area contributed by atoms with E-state index in [1.807, 2.05) is 24.3 Å². The first-order chi connectivity index (χ1) is 15.2. The van der Waals surface area contributed by atoms with Crippen molar-refractivity contribution in [3.05, 3.63) is 60.2 Å². The third-order valence-corrected chi connectivity index (χ3v) is 5.09. The Balaban J connectivity index is 1.45. The topological polar surface area (TPSA) is 85.8 Å². The second kappa shape index (κ2) is 9.44. The van der Waals surface area contributed by atoms with Gasteiger partial charge < -0.3 is 24.4 Å². The average Bonchev–Trinajstić information content (AvgIpc) is 2.85. The average molecular weight is 420 g/mol. The van der Waals surface area contributed by atoms with Crippen LogP contribution in [-0.2, 0) is 4.74 Å². The maximum atomic E-state index is 12.7. The molecule has 1 aliphatic heterocycles. The second-order valence-corrected chi connectivity index (χ2v) is 6.97. The van der Waals surface area contributed by atoms with E-state index < -0.39 is 0 Å². The highest BCUT2D eigenvalue weighted by Gasteiger charge is 2.14. The minimum Gasteiger partial charge on any atom is -0.497 e. The summed E-state index contributed by atoms with van der Waals surface area (Å²) < 4.78 is 15.9. The molecule has 1 aliphatic rings. The molecule has 8 heteroatoms. The molecule has 0 aliphatic carbocycles. The summed E-state index contributed by atoms with van der Waals surface area (Å²) in [6.07, 6.45) is 0. The molecular formula is C23H24N4O4. The molecule has 0 atom stereocenters. The Labute approximate surface area is 180 Å². The van der Waals surface area contributed by atoms with Crippen molar-refractivity contribution >= 4 is 17.4 Å². The number of methoxy groups -OCH3 is 2. The molecule has 0 bridgehead atoms. The summed E-state index contributed by atoms with van der Waals surface area (Å²) in [6, 6.07) is 16.4. The van der Waals surface area contributed by atoms with E-state index in [4.69, 9.17) is 14.2 Å². The molecule has 2 aromatic carbocycles. The van der Waals surface area contributed by atoms with Crippen LogP contribution < -0.4 is 19.7 Å². The molecule has 31 heavy (non-hydrogen) atoms. The van der Waals surface area contributed by atoms with Gasteiger partial charge in [-0.1, -0.05) is 12.1 Å². The highest BCUT2D eigenvalue weighted by atomic mass is 16.5. The number of ether oxygens (including phenoxy) is 3. The van der Waals surface area contributed by atoms with Crippen LogP contribution in [0.4, 0.5) is 11.5 Å². The molecule has 0 spiro atoms. The predicted octanol–water partition coefficient (Wildman–Crippen LogP) is 3.25. The number of morpholine rings is 1. The van der Waals surface area contributed by atoms with E-state index >= 15 is 0 Å². The normalized spacial score (nSPS) is 13.5. The number of anilines is 2. The van der Waals surface area contributed by atoms with Crippen molar-refractivity contribution in [3.63, 3.8) is 0 Å². The van der Waals surface area contributed by atoms with Gasteiger partial charge in [-0.15, -0.1) is 10.2 Å². The number of carbonyl (C=O) groups excluding carboxylic acids is 1. The lowest BCUT2D eigenvalue weighted by atomic mass is 10.1. The fourth-order valence-corrected chi connectivity index (χ4v) is 3.33. The number of hydrogen-bond donors (Lipinski definition) is 1. The summed E-state index contributed by atoms with van der Waals surface area (Å²) in [5.41, 5.74) is 2.74. The maximum absolute atomic E-state index is 12.7. The van der Waals surface area contributed by atoms with Crippen LogP contribution in [0.25, 0.3) is 11.3 Å². The van der Waals surface area contributed by atoms with Gasteiger partial charge in [0.2, 0.25) is 0 Å². The van der Waals surface area contributed by atoms with E-state index in [-0.39, 0.29) is 5.91 Å². The molecule has 8 nitrogen and oxygen atoms in total. The summed E-state index contributed by atoms with van der Waals surface area (Å²) in [5.74, 6) is 1.79. The van der Waals surface area contributed by atoms with Gasteiger partial charge in [-0.05, 0) is 36.4 Å². The first-order valence-corrected chi connectivity index (χ1v) is 9.98. The molecule has 4 rings (SSSR count). The van der Waals surface area contributed by atoms with Gasteiger partial charge in [0.1, 0.15) is 11.5 Å². The van der Waals surface area contributed by atoms with Crippen molar-refractivity contribution in [2.45, 2.75) is 0 Å². The number of nitrogens with one attached hydrogen (secondary N) is 1. The molecule has 160 valence electrons. The lowest BCUT2D eigenvalue weighted by molar-refractivity contribution is 0.102. The third-order valence-electron chi connectivity index (χ3n) is 5.09. The number of carbonyl (C=O) groups is 1. The Hall–Kier alpha value is -3.65. The van der Waals surface area contributed by atoms with Gasteiger partial charge in [0, 0.05) is 30.3 Å². The molecular weight excluding hydrogens is 396 g/mol. The summed E-state index contributed by atoms with van der Waals surface area (Å²) in [7, 11) is 3.12. The van der Waals surface area contributed by atoms with Crippen molar-refractivity contribution in [1.29, 1.82) is 0 Å². The molecule has 0 unspecified atom stereocenters. The van der Waals surface area contributed by atoms with Gasteiger partial charge in [-0.2, -0.15) is 0 Å². The summed E-state index contributed by atoms with van der Waals surface area (Å²) in [5, 5.41) is 11.6. The number of rotatable bonds is 6. The van der Waals surface area contributed by atoms with E-state index in [9.17, 15) is 4.79 Å². The smallest absolute Gasteiger partial charge is 0.255 e. The van der Waals surface area contributed by atoms with Gasteiger partial charge in [0.25, 0.3) is 5.91 Å². The monoisotopic (exact) mass is 420 g/mol. The highest BCUT2D eigenvalue weighted by molar-refractivity contribution is 6.05. The number of nitrogens with zero attached hydrogens (tertiary/aromatic N) is 3. The lowest BCUT2D eigenvalue weighted by Crippen LogP contribution is -2.36. The van der Waals surface area contributed by atoms with Crippen LogP contribution in [0.15, 0.2) is 54.6 Å². The molecule has 0 saturated carbocycles. The van der Waals surface area contributed by atoms with Crippen molar-refractivity contribution in [1.82, 2.24) is 10.2 Å². The van der Waals surface area contributed by atoms with Crippen LogP contribution in [-0.4, -0.2) is 56.6 Å². The molecule has 1 aromatic heterocycles. The van der Waals surface area contributed by atoms with E-state index in [0.717, 1.165) is 30.2 Å². The Morgan fingerprint density at radius 1 is 0.968 bits per heavy atom. The van der Waals surface area contributed by atoms with Crippen molar-refractivity contribution in [2.24, 2.45) is 0 Å². The largest absolute Gasteiger partial charge is 0.497 e. The molecule has 1 amide bonds. The summed E-state index contributed by atoms with van der Waals surface area (Å²) in [6.45, 7) is 3.04. The van der Waals surface area contributed by atoms with Crippen LogP contribution in [0.2, 0.25) is 0 Å². The Morgan fingerprint density at radius 2 is 1.74 bits per heavy atom. The van der Waals surface area contributed by atoms with Crippen molar-refractivity contribution in [3.8, 4) is 22.8 Å². The number of amides is 1. The van der Waals surface area contributed by atoms with E-state index in [0.29, 0.717) is 36.0 Å². The quantitative estimate of drug-likeness (QED) is 0.655. The fraction of sp³-hybridized carbons (Fsp3) is 0.261.